The monoisotopic (exact) mass is 490 g/mol. The van der Waals surface area contributed by atoms with E-state index in [-0.39, 0.29) is 29.1 Å². The molecule has 0 amide bonds. The summed E-state index contributed by atoms with van der Waals surface area (Å²) in [6, 6.07) is 19.9. The summed E-state index contributed by atoms with van der Waals surface area (Å²) in [5.41, 5.74) is 3.22. The average molecular weight is 491 g/mol. The molecular weight excluding hydrogens is 468 g/mol. The van der Waals surface area contributed by atoms with Crippen LogP contribution in [0.1, 0.15) is 34.8 Å². The van der Waals surface area contributed by atoms with Crippen molar-refractivity contribution in [2.45, 2.75) is 32.8 Å². The highest BCUT2D eigenvalue weighted by atomic mass is 35.5. The van der Waals surface area contributed by atoms with Crippen LogP contribution in [-0.4, -0.2) is 23.0 Å². The van der Waals surface area contributed by atoms with Gasteiger partial charge in [-0.3, -0.25) is 4.79 Å². The molecule has 0 saturated carbocycles. The van der Waals surface area contributed by atoms with Gasteiger partial charge in [-0.05, 0) is 73.2 Å². The van der Waals surface area contributed by atoms with E-state index in [1.165, 1.54) is 13.0 Å². The first-order valence-electron chi connectivity index (χ1n) is 11.1. The first-order valence-corrected chi connectivity index (χ1v) is 11.4. The predicted molar refractivity (Wildman–Crippen MR) is 134 cm³/mol. The second kappa shape index (κ2) is 10.2. The largest absolute Gasteiger partial charge is 0.479 e. The quantitative estimate of drug-likeness (QED) is 0.237. The van der Waals surface area contributed by atoms with Gasteiger partial charge >= 0.3 is 11.6 Å². The number of halogens is 1. The topological polar surface area (TPSA) is 93.8 Å². The van der Waals surface area contributed by atoms with Crippen LogP contribution in [0.25, 0.3) is 22.1 Å². The summed E-state index contributed by atoms with van der Waals surface area (Å²) in [5, 5.41) is 11.0. The number of ether oxygens (including phenoxy) is 1. The number of hydrogen-bond donors (Lipinski definition) is 1. The second-order valence-corrected chi connectivity index (χ2v) is 8.74. The van der Waals surface area contributed by atoms with E-state index in [4.69, 9.17) is 20.8 Å². The number of carbonyl (C=O) groups is 2. The van der Waals surface area contributed by atoms with Gasteiger partial charge in [0.1, 0.15) is 11.3 Å². The first kappa shape index (κ1) is 24.2. The van der Waals surface area contributed by atoms with Crippen molar-refractivity contribution in [1.29, 1.82) is 0 Å². The van der Waals surface area contributed by atoms with Crippen molar-refractivity contribution in [3.05, 3.63) is 98.9 Å². The number of aliphatic carboxylic acids is 1. The Morgan fingerprint density at radius 2 is 1.63 bits per heavy atom. The standard InChI is InChI=1S/C28H23ClO6/c1-16-15-25(31)35-27-22(16)12-14-23(26(27)17(2)30)34-24(28(32)33)13-5-18-3-6-19(7-4-18)20-8-10-21(29)11-9-20/h3-4,6-12,14-15,24H,5,13H2,1-2H3,(H,32,33). The molecule has 0 aliphatic carbocycles. The highest BCUT2D eigenvalue weighted by molar-refractivity contribution is 6.30. The number of benzene rings is 3. The SMILES string of the molecule is CC(=O)c1c(OC(CCc2ccc(-c3ccc(Cl)cc3)cc2)C(=O)O)ccc2c(C)cc(=O)oc12. The van der Waals surface area contributed by atoms with Gasteiger partial charge in [0.15, 0.2) is 17.5 Å². The molecule has 1 N–H and O–H groups in total. The molecule has 6 nitrogen and oxygen atoms in total. The van der Waals surface area contributed by atoms with Crippen LogP contribution in [0.3, 0.4) is 0 Å². The zero-order valence-electron chi connectivity index (χ0n) is 19.2. The van der Waals surface area contributed by atoms with Crippen molar-refractivity contribution < 1.29 is 23.8 Å². The summed E-state index contributed by atoms with van der Waals surface area (Å²) >= 11 is 5.95. The molecule has 4 rings (SSSR count). The van der Waals surface area contributed by atoms with Gasteiger partial charge in [0.05, 0.1) is 0 Å². The third-order valence-corrected chi connectivity index (χ3v) is 6.06. The van der Waals surface area contributed by atoms with E-state index in [9.17, 15) is 19.5 Å². The first-order chi connectivity index (χ1) is 16.7. The molecule has 0 aliphatic heterocycles. The van der Waals surface area contributed by atoms with Crippen LogP contribution in [0.5, 0.6) is 5.75 Å². The third-order valence-electron chi connectivity index (χ3n) is 5.80. The highest BCUT2D eigenvalue weighted by Crippen LogP contribution is 2.31. The molecule has 0 aliphatic rings. The lowest BCUT2D eigenvalue weighted by molar-refractivity contribution is -0.145. The molecule has 0 spiro atoms. The normalized spacial score (nSPS) is 11.9. The van der Waals surface area contributed by atoms with Crippen LogP contribution in [0.4, 0.5) is 0 Å². The van der Waals surface area contributed by atoms with Gasteiger partial charge in [-0.1, -0.05) is 48.0 Å². The molecule has 1 aromatic heterocycles. The Labute approximate surface area is 206 Å². The molecule has 7 heteroatoms. The van der Waals surface area contributed by atoms with Crippen molar-refractivity contribution in [2.75, 3.05) is 0 Å². The van der Waals surface area contributed by atoms with Gasteiger partial charge in [0.2, 0.25) is 0 Å². The number of fused-ring (bicyclic) bond motifs is 1. The molecule has 4 aromatic rings. The minimum absolute atomic E-state index is 0.0573. The van der Waals surface area contributed by atoms with Crippen molar-refractivity contribution >= 4 is 34.3 Å². The molecule has 1 unspecified atom stereocenters. The van der Waals surface area contributed by atoms with E-state index < -0.39 is 17.7 Å². The van der Waals surface area contributed by atoms with Crippen LogP contribution < -0.4 is 10.4 Å². The van der Waals surface area contributed by atoms with Crippen LogP contribution in [-0.2, 0) is 11.2 Å². The molecule has 0 fully saturated rings. The molecule has 0 radical (unpaired) electrons. The zero-order valence-corrected chi connectivity index (χ0v) is 20.0. The number of hydrogen-bond acceptors (Lipinski definition) is 5. The van der Waals surface area contributed by atoms with E-state index >= 15 is 0 Å². The van der Waals surface area contributed by atoms with E-state index in [1.54, 1.807) is 19.1 Å². The Kier molecular flexibility index (Phi) is 7.03. The van der Waals surface area contributed by atoms with Crippen LogP contribution in [0, 0.1) is 6.92 Å². The van der Waals surface area contributed by atoms with Crippen molar-refractivity contribution in [3.8, 4) is 16.9 Å². The summed E-state index contributed by atoms with van der Waals surface area (Å²) in [4.78, 5) is 36.2. The zero-order chi connectivity index (χ0) is 25.1. The van der Waals surface area contributed by atoms with E-state index in [0.29, 0.717) is 22.4 Å². The van der Waals surface area contributed by atoms with Gasteiger partial charge in [-0.2, -0.15) is 0 Å². The van der Waals surface area contributed by atoms with Gasteiger partial charge in [-0.15, -0.1) is 0 Å². The van der Waals surface area contributed by atoms with E-state index in [1.807, 2.05) is 48.5 Å². The smallest absolute Gasteiger partial charge is 0.344 e. The lowest BCUT2D eigenvalue weighted by Crippen LogP contribution is -2.28. The molecule has 0 saturated heterocycles. The Hall–Kier alpha value is -3.90. The van der Waals surface area contributed by atoms with Gasteiger partial charge in [-0.25, -0.2) is 9.59 Å². The minimum Gasteiger partial charge on any atom is -0.479 e. The fraction of sp³-hybridized carbons (Fsp3) is 0.179. The molecule has 3 aromatic carbocycles. The molecule has 35 heavy (non-hydrogen) atoms. The fourth-order valence-corrected chi connectivity index (χ4v) is 4.11. The van der Waals surface area contributed by atoms with Gasteiger partial charge in [0.25, 0.3) is 0 Å². The summed E-state index contributed by atoms with van der Waals surface area (Å²) in [6.45, 7) is 3.06. The van der Waals surface area contributed by atoms with Crippen LogP contribution in [0.2, 0.25) is 5.02 Å². The number of aryl methyl sites for hydroxylation is 2. The molecule has 178 valence electrons. The Morgan fingerprint density at radius 1 is 1.00 bits per heavy atom. The fourth-order valence-electron chi connectivity index (χ4n) is 3.99. The Morgan fingerprint density at radius 3 is 2.23 bits per heavy atom. The Bertz CT molecular complexity index is 1450. The number of carbonyl (C=O) groups excluding carboxylic acids is 1. The average Bonchev–Trinajstić information content (AvgIpc) is 2.81. The molecule has 0 bridgehead atoms. The molecule has 1 atom stereocenters. The number of carboxylic acid groups (broad SMARTS) is 1. The second-order valence-electron chi connectivity index (χ2n) is 8.31. The summed E-state index contributed by atoms with van der Waals surface area (Å²) in [7, 11) is 0. The van der Waals surface area contributed by atoms with Gasteiger partial charge in [0, 0.05) is 16.5 Å². The lowest BCUT2D eigenvalue weighted by Gasteiger charge is -2.18. The van der Waals surface area contributed by atoms with E-state index in [0.717, 1.165) is 16.7 Å². The minimum atomic E-state index is -1.20. The maximum atomic E-state index is 12.4. The molecular formula is C28H23ClO6. The summed E-state index contributed by atoms with van der Waals surface area (Å²) in [5.74, 6) is -1.46. The van der Waals surface area contributed by atoms with Crippen LogP contribution in [0.15, 0.2) is 75.9 Å². The van der Waals surface area contributed by atoms with Crippen molar-refractivity contribution in [3.63, 3.8) is 0 Å². The lowest BCUT2D eigenvalue weighted by atomic mass is 10.0. The summed E-state index contributed by atoms with van der Waals surface area (Å²) < 4.78 is 11.1. The number of Topliss-reactive ketones (excluding diaryl/α,β-unsaturated/α-hetero) is 1. The number of rotatable bonds is 8. The maximum Gasteiger partial charge on any atom is 0.344 e. The van der Waals surface area contributed by atoms with Gasteiger partial charge < -0.3 is 14.3 Å². The summed E-state index contributed by atoms with van der Waals surface area (Å²) in [6.07, 6.45) is -0.560. The van der Waals surface area contributed by atoms with Crippen molar-refractivity contribution in [1.82, 2.24) is 0 Å². The van der Waals surface area contributed by atoms with E-state index in [2.05, 4.69) is 0 Å². The number of ketones is 1. The third kappa shape index (κ3) is 5.44. The Balaban J connectivity index is 1.55. The predicted octanol–water partition coefficient (Wildman–Crippen LogP) is 6.09. The van der Waals surface area contributed by atoms with Crippen molar-refractivity contribution in [2.24, 2.45) is 0 Å². The highest BCUT2D eigenvalue weighted by Gasteiger charge is 2.24. The van der Waals surface area contributed by atoms with Crippen LogP contribution >= 0.6 is 11.6 Å². The molecule has 1 heterocycles. The number of carboxylic acids is 1. The maximum absolute atomic E-state index is 12.4.